The van der Waals surface area contributed by atoms with Crippen molar-refractivity contribution in [2.45, 2.75) is 39.3 Å². The van der Waals surface area contributed by atoms with E-state index in [4.69, 9.17) is 4.74 Å². The van der Waals surface area contributed by atoms with Crippen LogP contribution in [0.25, 0.3) is 0 Å². The van der Waals surface area contributed by atoms with E-state index >= 15 is 0 Å². The van der Waals surface area contributed by atoms with Crippen LogP contribution in [0.15, 0.2) is 29.6 Å². The van der Waals surface area contributed by atoms with Crippen LogP contribution < -0.4 is 10.1 Å². The standard InChI is InChI=1S/C21H30N4O2S/c1-16(4-5-18-6-8-20(27-3)9-7-18)22-21(26)25-12-10-24(11-13-25)14-19-15-28-17(2)23-19/h6-9,15-16H,4-5,10-14H2,1-3H3,(H,22,26). The van der Waals surface area contributed by atoms with Crippen LogP contribution >= 0.6 is 11.3 Å². The summed E-state index contributed by atoms with van der Waals surface area (Å²) in [5.74, 6) is 0.870. The first-order valence-corrected chi connectivity index (χ1v) is 10.7. The predicted molar refractivity (Wildman–Crippen MR) is 113 cm³/mol. The second-order valence-corrected chi connectivity index (χ2v) is 8.42. The fourth-order valence-corrected chi connectivity index (χ4v) is 3.97. The number of hydrogen-bond acceptors (Lipinski definition) is 5. The van der Waals surface area contributed by atoms with E-state index in [1.165, 1.54) is 5.56 Å². The van der Waals surface area contributed by atoms with Crippen molar-refractivity contribution < 1.29 is 9.53 Å². The van der Waals surface area contributed by atoms with Gasteiger partial charge in [-0.25, -0.2) is 9.78 Å². The summed E-state index contributed by atoms with van der Waals surface area (Å²) in [7, 11) is 1.67. The molecule has 7 heteroatoms. The summed E-state index contributed by atoms with van der Waals surface area (Å²) >= 11 is 1.69. The molecule has 2 aromatic rings. The number of amides is 2. The number of aromatic nitrogens is 1. The number of piperazine rings is 1. The number of rotatable bonds is 7. The van der Waals surface area contributed by atoms with Gasteiger partial charge in [-0.05, 0) is 44.4 Å². The highest BCUT2D eigenvalue weighted by Crippen LogP contribution is 2.14. The lowest BCUT2D eigenvalue weighted by atomic mass is 10.1. The van der Waals surface area contributed by atoms with Gasteiger partial charge in [-0.1, -0.05) is 12.1 Å². The average Bonchev–Trinajstić information content (AvgIpc) is 3.12. The van der Waals surface area contributed by atoms with Crippen molar-refractivity contribution in [1.82, 2.24) is 20.1 Å². The summed E-state index contributed by atoms with van der Waals surface area (Å²) in [6, 6.07) is 8.31. The van der Waals surface area contributed by atoms with Crippen molar-refractivity contribution in [3.8, 4) is 5.75 Å². The Kier molecular flexibility index (Phi) is 7.28. The van der Waals surface area contributed by atoms with Gasteiger partial charge in [0.05, 0.1) is 17.8 Å². The Hall–Kier alpha value is -2.12. The Morgan fingerprint density at radius 2 is 1.96 bits per heavy atom. The molecule has 152 valence electrons. The molecule has 1 N–H and O–H groups in total. The maximum absolute atomic E-state index is 12.5. The molecule has 1 aromatic carbocycles. The molecule has 1 saturated heterocycles. The van der Waals surface area contributed by atoms with E-state index in [0.29, 0.717) is 0 Å². The molecule has 1 aromatic heterocycles. The van der Waals surface area contributed by atoms with Crippen LogP contribution in [0.2, 0.25) is 0 Å². The molecule has 0 spiro atoms. The Labute approximate surface area is 171 Å². The molecule has 3 rings (SSSR count). The van der Waals surface area contributed by atoms with Crippen LogP contribution in [-0.2, 0) is 13.0 Å². The molecule has 2 heterocycles. The van der Waals surface area contributed by atoms with Gasteiger partial charge >= 0.3 is 6.03 Å². The van der Waals surface area contributed by atoms with Gasteiger partial charge in [0.25, 0.3) is 0 Å². The maximum atomic E-state index is 12.5. The maximum Gasteiger partial charge on any atom is 0.317 e. The van der Waals surface area contributed by atoms with E-state index in [9.17, 15) is 4.79 Å². The van der Waals surface area contributed by atoms with Gasteiger partial charge in [0, 0.05) is 44.1 Å². The summed E-state index contributed by atoms with van der Waals surface area (Å²) < 4.78 is 5.19. The van der Waals surface area contributed by atoms with Gasteiger partial charge in [0.15, 0.2) is 0 Å². The summed E-state index contributed by atoms with van der Waals surface area (Å²) in [6.07, 6.45) is 1.85. The lowest BCUT2D eigenvalue weighted by Gasteiger charge is -2.35. The lowest BCUT2D eigenvalue weighted by Crippen LogP contribution is -2.52. The monoisotopic (exact) mass is 402 g/mol. The molecule has 0 saturated carbocycles. The van der Waals surface area contributed by atoms with Crippen molar-refractivity contribution in [3.63, 3.8) is 0 Å². The molecule has 1 atom stereocenters. The van der Waals surface area contributed by atoms with Crippen LogP contribution in [0, 0.1) is 6.92 Å². The summed E-state index contributed by atoms with van der Waals surface area (Å²) in [6.45, 7) is 8.29. The molecule has 1 aliphatic heterocycles. The van der Waals surface area contributed by atoms with Crippen LogP contribution in [0.5, 0.6) is 5.75 Å². The number of ether oxygens (including phenoxy) is 1. The molecule has 0 radical (unpaired) electrons. The molecule has 1 fully saturated rings. The molecule has 6 nitrogen and oxygen atoms in total. The van der Waals surface area contributed by atoms with E-state index < -0.39 is 0 Å². The van der Waals surface area contributed by atoms with E-state index in [-0.39, 0.29) is 12.1 Å². The number of nitrogens with zero attached hydrogens (tertiary/aromatic N) is 3. The fraction of sp³-hybridized carbons (Fsp3) is 0.524. The average molecular weight is 403 g/mol. The number of carbonyl (C=O) groups excluding carboxylic acids is 1. The van der Waals surface area contributed by atoms with E-state index in [1.807, 2.05) is 24.0 Å². The first kappa shape index (κ1) is 20.6. The zero-order chi connectivity index (χ0) is 19.9. The zero-order valence-corrected chi connectivity index (χ0v) is 17.8. The molecular formula is C21H30N4O2S. The number of thiazole rings is 1. The van der Waals surface area contributed by atoms with Gasteiger partial charge in [0.1, 0.15) is 5.75 Å². The third kappa shape index (κ3) is 5.94. The minimum absolute atomic E-state index is 0.0476. The number of carbonyl (C=O) groups is 1. The zero-order valence-electron chi connectivity index (χ0n) is 17.0. The summed E-state index contributed by atoms with van der Waals surface area (Å²) in [5, 5.41) is 6.38. The Morgan fingerprint density at radius 3 is 2.57 bits per heavy atom. The van der Waals surface area contributed by atoms with Crippen LogP contribution in [0.1, 0.15) is 29.6 Å². The normalized spacial score (nSPS) is 16.0. The van der Waals surface area contributed by atoms with Crippen LogP contribution in [0.4, 0.5) is 4.79 Å². The van der Waals surface area contributed by atoms with Gasteiger partial charge in [-0.3, -0.25) is 4.90 Å². The number of methoxy groups -OCH3 is 1. The topological polar surface area (TPSA) is 57.7 Å². The lowest BCUT2D eigenvalue weighted by molar-refractivity contribution is 0.132. The van der Waals surface area contributed by atoms with Crippen molar-refractivity contribution in [3.05, 3.63) is 45.9 Å². The van der Waals surface area contributed by atoms with Gasteiger partial charge in [-0.2, -0.15) is 0 Å². The molecular weight excluding hydrogens is 372 g/mol. The number of aryl methyl sites for hydroxylation is 2. The second kappa shape index (κ2) is 9.89. The third-order valence-corrected chi connectivity index (χ3v) is 5.93. The van der Waals surface area contributed by atoms with Gasteiger partial charge < -0.3 is 15.0 Å². The predicted octanol–water partition coefficient (Wildman–Crippen LogP) is 3.31. The first-order valence-electron chi connectivity index (χ1n) is 9.85. The molecule has 1 aliphatic rings. The Bertz CT molecular complexity index is 754. The van der Waals surface area contributed by atoms with Crippen LogP contribution in [-0.4, -0.2) is 60.1 Å². The van der Waals surface area contributed by atoms with Crippen molar-refractivity contribution in [1.29, 1.82) is 0 Å². The molecule has 2 amide bonds. The smallest absolute Gasteiger partial charge is 0.317 e. The Balaban J connectivity index is 1.37. The van der Waals surface area contributed by atoms with Crippen LogP contribution in [0.3, 0.4) is 0 Å². The molecule has 1 unspecified atom stereocenters. The molecule has 28 heavy (non-hydrogen) atoms. The Morgan fingerprint density at radius 1 is 1.25 bits per heavy atom. The third-order valence-electron chi connectivity index (χ3n) is 5.11. The number of nitrogens with one attached hydrogen (secondary N) is 1. The second-order valence-electron chi connectivity index (χ2n) is 7.36. The highest BCUT2D eigenvalue weighted by Gasteiger charge is 2.22. The minimum atomic E-state index is 0.0476. The summed E-state index contributed by atoms with van der Waals surface area (Å²) in [5.41, 5.74) is 2.39. The molecule has 0 aliphatic carbocycles. The van der Waals surface area contributed by atoms with Crippen molar-refractivity contribution in [2.24, 2.45) is 0 Å². The highest BCUT2D eigenvalue weighted by atomic mass is 32.1. The quantitative estimate of drug-likeness (QED) is 0.772. The number of hydrogen-bond donors (Lipinski definition) is 1. The number of benzene rings is 1. The SMILES string of the molecule is COc1ccc(CCC(C)NC(=O)N2CCN(Cc3csc(C)n3)CC2)cc1. The number of urea groups is 1. The fourth-order valence-electron chi connectivity index (χ4n) is 3.37. The van der Waals surface area contributed by atoms with Gasteiger partial charge in [0.2, 0.25) is 0 Å². The highest BCUT2D eigenvalue weighted by molar-refractivity contribution is 7.09. The summed E-state index contributed by atoms with van der Waals surface area (Å²) in [4.78, 5) is 21.4. The minimum Gasteiger partial charge on any atom is -0.497 e. The van der Waals surface area contributed by atoms with Crippen molar-refractivity contribution >= 4 is 17.4 Å². The molecule has 0 bridgehead atoms. The first-order chi connectivity index (χ1) is 13.5. The van der Waals surface area contributed by atoms with E-state index in [2.05, 4.69) is 39.6 Å². The van der Waals surface area contributed by atoms with Crippen molar-refractivity contribution in [2.75, 3.05) is 33.3 Å². The van der Waals surface area contributed by atoms with E-state index in [1.54, 1.807) is 18.4 Å². The largest absolute Gasteiger partial charge is 0.497 e. The van der Waals surface area contributed by atoms with E-state index in [0.717, 1.165) is 62.0 Å². The van der Waals surface area contributed by atoms with Gasteiger partial charge in [-0.15, -0.1) is 11.3 Å².